The summed E-state index contributed by atoms with van der Waals surface area (Å²) in [5, 5.41) is 9.76. The molecule has 1 aliphatic heterocycles. The van der Waals surface area contributed by atoms with Gasteiger partial charge in [-0.25, -0.2) is 14.1 Å². The third-order valence-electron chi connectivity index (χ3n) is 3.38. The zero-order valence-corrected chi connectivity index (χ0v) is 10.3. The van der Waals surface area contributed by atoms with Crippen LogP contribution in [0.15, 0.2) is 12.7 Å². The van der Waals surface area contributed by atoms with Crippen LogP contribution < -0.4 is 10.3 Å². The van der Waals surface area contributed by atoms with Crippen LogP contribution in [-0.2, 0) is 11.8 Å². The van der Waals surface area contributed by atoms with E-state index in [0.29, 0.717) is 17.8 Å². The maximum atomic E-state index is 9.76. The number of rotatable bonds is 1. The topological polar surface area (TPSA) is 90.1 Å². The minimum atomic E-state index is -0.447. The number of nitrogen functional groups attached to an aromatic ring is 1. The van der Waals surface area contributed by atoms with E-state index in [1.807, 2.05) is 23.1 Å². The molecule has 18 heavy (non-hydrogen) atoms. The quantitative estimate of drug-likeness (QED) is 0.666. The maximum Gasteiger partial charge on any atom is 0.263 e. The number of ether oxygens (including phenoxy) is 1. The van der Waals surface area contributed by atoms with Gasteiger partial charge < -0.3 is 15.6 Å². The summed E-state index contributed by atoms with van der Waals surface area (Å²) >= 11 is 0. The van der Waals surface area contributed by atoms with Crippen LogP contribution in [0.2, 0.25) is 0 Å². The van der Waals surface area contributed by atoms with E-state index in [1.54, 1.807) is 12.7 Å². The van der Waals surface area contributed by atoms with Crippen molar-refractivity contribution in [2.75, 3.05) is 5.73 Å². The van der Waals surface area contributed by atoms with Crippen LogP contribution in [-0.4, -0.2) is 31.8 Å². The minimum Gasteiger partial charge on any atom is -0.390 e. The number of hydrogen-bond acceptors (Lipinski definition) is 5. The predicted molar refractivity (Wildman–Crippen MR) is 63.3 cm³/mol. The number of aliphatic hydroxyl groups excluding tert-OH is 1. The molecule has 0 unspecified atom stereocenters. The summed E-state index contributed by atoms with van der Waals surface area (Å²) in [6.45, 7) is 1.86. The normalized spacial score (nSPS) is 28.1. The number of fused-ring (bicyclic) bond motifs is 1. The lowest BCUT2D eigenvalue weighted by atomic mass is 10.2. The predicted octanol–water partition coefficient (Wildman–Crippen LogP) is -0.494. The summed E-state index contributed by atoms with van der Waals surface area (Å²) in [4.78, 5) is 8.32. The second-order valence-corrected chi connectivity index (χ2v) is 4.66. The van der Waals surface area contributed by atoms with Crippen LogP contribution in [0, 0.1) is 0 Å². The molecule has 0 radical (unpaired) electrons. The van der Waals surface area contributed by atoms with Crippen molar-refractivity contribution in [3.8, 4) is 0 Å². The van der Waals surface area contributed by atoms with Crippen LogP contribution >= 0.6 is 0 Å². The number of aliphatic hydroxyl groups is 1. The maximum absolute atomic E-state index is 9.76. The van der Waals surface area contributed by atoms with Gasteiger partial charge in [0.05, 0.1) is 19.3 Å². The van der Waals surface area contributed by atoms with Gasteiger partial charge in [0.15, 0.2) is 18.1 Å². The summed E-state index contributed by atoms with van der Waals surface area (Å²) in [6, 6.07) is 0. The molecule has 3 rings (SSSR count). The van der Waals surface area contributed by atoms with Gasteiger partial charge in [-0.15, -0.1) is 0 Å². The summed E-state index contributed by atoms with van der Waals surface area (Å²) < 4.78 is 9.45. The Kier molecular flexibility index (Phi) is 2.46. The first-order chi connectivity index (χ1) is 8.58. The Morgan fingerprint density at radius 2 is 2.33 bits per heavy atom. The van der Waals surface area contributed by atoms with Crippen molar-refractivity contribution in [1.82, 2.24) is 14.5 Å². The summed E-state index contributed by atoms with van der Waals surface area (Å²) in [6.07, 6.45) is 3.04. The van der Waals surface area contributed by atoms with Gasteiger partial charge in [-0.05, 0) is 6.92 Å². The summed E-state index contributed by atoms with van der Waals surface area (Å²) in [5.74, 6) is 0.397. The Hall–Kier alpha value is -1.73. The fourth-order valence-electron chi connectivity index (χ4n) is 2.33. The first-order valence-electron chi connectivity index (χ1n) is 5.88. The molecule has 3 heterocycles. The van der Waals surface area contributed by atoms with Gasteiger partial charge in [-0.3, -0.25) is 0 Å². The monoisotopic (exact) mass is 250 g/mol. The molecule has 0 bridgehead atoms. The standard InChI is InChI=1S/C11H15N5O2/c1-6-7(17)3-8(18-6)16-5-13-9-10(12)14-4-15(2)11(9)16/h4-8,12,17H,3H2,1-2H3/p+1/t6-,7+,8-/m1/s1. The summed E-state index contributed by atoms with van der Waals surface area (Å²) in [5.41, 5.74) is 7.29. The zero-order chi connectivity index (χ0) is 12.9. The van der Waals surface area contributed by atoms with Crippen molar-refractivity contribution in [3.05, 3.63) is 12.7 Å². The van der Waals surface area contributed by atoms with Crippen molar-refractivity contribution in [2.45, 2.75) is 31.8 Å². The average molecular weight is 250 g/mol. The molecular formula is C11H16N5O2+. The highest BCUT2D eigenvalue weighted by molar-refractivity contribution is 5.78. The Labute approximate surface area is 104 Å². The third kappa shape index (κ3) is 1.55. The number of hydrogen-bond donors (Lipinski definition) is 2. The van der Waals surface area contributed by atoms with E-state index in [0.717, 1.165) is 5.65 Å². The van der Waals surface area contributed by atoms with Gasteiger partial charge in [-0.1, -0.05) is 4.98 Å². The van der Waals surface area contributed by atoms with Gasteiger partial charge in [-0.2, -0.15) is 0 Å². The number of aromatic nitrogens is 4. The Morgan fingerprint density at radius 3 is 3.00 bits per heavy atom. The smallest absolute Gasteiger partial charge is 0.263 e. The molecule has 0 aromatic carbocycles. The Balaban J connectivity index is 2.11. The van der Waals surface area contributed by atoms with Gasteiger partial charge >= 0.3 is 0 Å². The average Bonchev–Trinajstić information content (AvgIpc) is 2.90. The molecule has 3 N–H and O–H groups in total. The molecule has 7 nitrogen and oxygen atoms in total. The Morgan fingerprint density at radius 1 is 1.56 bits per heavy atom. The van der Waals surface area contributed by atoms with Crippen molar-refractivity contribution >= 4 is 17.0 Å². The second-order valence-electron chi connectivity index (χ2n) is 4.66. The molecule has 7 heteroatoms. The highest BCUT2D eigenvalue weighted by atomic mass is 16.5. The van der Waals surface area contributed by atoms with E-state index in [9.17, 15) is 5.11 Å². The summed E-state index contributed by atoms with van der Waals surface area (Å²) in [7, 11) is 1.88. The fraction of sp³-hybridized carbons (Fsp3) is 0.545. The van der Waals surface area contributed by atoms with Crippen molar-refractivity contribution in [2.24, 2.45) is 7.05 Å². The second kappa shape index (κ2) is 3.89. The highest BCUT2D eigenvalue weighted by Gasteiger charge is 2.35. The number of imidazole rings is 1. The van der Waals surface area contributed by atoms with Crippen LogP contribution in [0.3, 0.4) is 0 Å². The van der Waals surface area contributed by atoms with Gasteiger partial charge in [0, 0.05) is 6.42 Å². The number of nitrogens with zero attached hydrogens (tertiary/aromatic N) is 4. The highest BCUT2D eigenvalue weighted by Crippen LogP contribution is 2.30. The van der Waals surface area contributed by atoms with E-state index >= 15 is 0 Å². The number of aryl methyl sites for hydroxylation is 1. The molecule has 0 saturated carbocycles. The molecule has 0 amide bonds. The van der Waals surface area contributed by atoms with Crippen molar-refractivity contribution in [3.63, 3.8) is 0 Å². The van der Waals surface area contributed by atoms with Crippen molar-refractivity contribution < 1.29 is 14.4 Å². The fourth-order valence-corrected chi connectivity index (χ4v) is 2.33. The lowest BCUT2D eigenvalue weighted by Gasteiger charge is -2.09. The van der Waals surface area contributed by atoms with Gasteiger partial charge in [0.2, 0.25) is 12.1 Å². The van der Waals surface area contributed by atoms with Crippen LogP contribution in [0.1, 0.15) is 19.6 Å². The van der Waals surface area contributed by atoms with Crippen LogP contribution in [0.25, 0.3) is 11.2 Å². The molecule has 0 spiro atoms. The number of nitrogens with two attached hydrogens (primary N) is 1. The molecule has 1 fully saturated rings. The van der Waals surface area contributed by atoms with Crippen LogP contribution in [0.5, 0.6) is 0 Å². The zero-order valence-electron chi connectivity index (χ0n) is 10.3. The molecule has 96 valence electrons. The molecule has 1 saturated heterocycles. The minimum absolute atomic E-state index is 0.169. The molecule has 3 atom stereocenters. The first-order valence-corrected chi connectivity index (χ1v) is 5.88. The van der Waals surface area contributed by atoms with Crippen LogP contribution in [0.4, 0.5) is 5.82 Å². The number of anilines is 1. The van der Waals surface area contributed by atoms with E-state index in [2.05, 4.69) is 9.97 Å². The third-order valence-corrected chi connectivity index (χ3v) is 3.38. The lowest BCUT2D eigenvalue weighted by Crippen LogP contribution is -2.32. The largest absolute Gasteiger partial charge is 0.390 e. The van der Waals surface area contributed by atoms with Crippen molar-refractivity contribution in [1.29, 1.82) is 0 Å². The molecule has 0 aliphatic carbocycles. The molecule has 2 aromatic heterocycles. The molecule has 2 aromatic rings. The first kappa shape index (κ1) is 11.4. The molecule has 1 aliphatic rings. The molecular weight excluding hydrogens is 234 g/mol. The van der Waals surface area contributed by atoms with E-state index in [4.69, 9.17) is 10.5 Å². The van der Waals surface area contributed by atoms with E-state index in [1.165, 1.54) is 0 Å². The van der Waals surface area contributed by atoms with Gasteiger partial charge in [0.1, 0.15) is 0 Å². The van der Waals surface area contributed by atoms with E-state index in [-0.39, 0.29) is 12.3 Å². The Bertz CT molecular complexity index is 586. The van der Waals surface area contributed by atoms with Gasteiger partial charge in [0.25, 0.3) is 5.65 Å². The lowest BCUT2D eigenvalue weighted by molar-refractivity contribution is -0.651. The SMILES string of the molecule is C[C@H]1O[C@@H](n2cnc3c(N)nc[n+](C)c32)C[C@@H]1O. The van der Waals surface area contributed by atoms with E-state index < -0.39 is 6.10 Å².